The molecule has 2 heterocycles. The van der Waals surface area contributed by atoms with Crippen LogP contribution < -0.4 is 15.6 Å². The van der Waals surface area contributed by atoms with Crippen molar-refractivity contribution in [2.45, 2.75) is 31.8 Å². The monoisotopic (exact) mass is 551 g/mol. The lowest BCUT2D eigenvalue weighted by atomic mass is 10.1. The Hall–Kier alpha value is -3.82. The van der Waals surface area contributed by atoms with E-state index in [4.69, 9.17) is 25.5 Å². The van der Waals surface area contributed by atoms with Gasteiger partial charge in [-0.25, -0.2) is 4.99 Å². The predicted molar refractivity (Wildman–Crippen MR) is 148 cm³/mol. The first kappa shape index (κ1) is 27.2. The molecule has 1 amide bonds. The molecular weight excluding hydrogens is 526 g/mol. The Morgan fingerprint density at radius 3 is 2.74 bits per heavy atom. The van der Waals surface area contributed by atoms with Gasteiger partial charge in [0.2, 0.25) is 5.55 Å². The minimum atomic E-state index is -0.484. The van der Waals surface area contributed by atoms with Gasteiger partial charge in [-0.15, -0.1) is 11.8 Å². The summed E-state index contributed by atoms with van der Waals surface area (Å²) in [5, 5.41) is 3.87. The fourth-order valence-corrected chi connectivity index (χ4v) is 4.30. The van der Waals surface area contributed by atoms with Crippen LogP contribution in [0.4, 0.5) is 11.4 Å². The maximum Gasteiger partial charge on any atom is 0.305 e. The van der Waals surface area contributed by atoms with Gasteiger partial charge >= 0.3 is 5.97 Å². The molecule has 0 bridgehead atoms. The molecule has 0 spiro atoms. The highest BCUT2D eigenvalue weighted by Gasteiger charge is 2.19. The first-order valence-corrected chi connectivity index (χ1v) is 13.3. The number of halogens is 1. The van der Waals surface area contributed by atoms with Crippen LogP contribution in [0, 0.1) is 6.92 Å². The van der Waals surface area contributed by atoms with Crippen molar-refractivity contribution in [3.8, 4) is 5.75 Å². The summed E-state index contributed by atoms with van der Waals surface area (Å²) in [5.41, 5.74) is 2.91. The second-order valence-corrected chi connectivity index (χ2v) is 9.52. The van der Waals surface area contributed by atoms with Crippen LogP contribution in [0.15, 0.2) is 69.0 Å². The van der Waals surface area contributed by atoms with Crippen LogP contribution in [-0.4, -0.2) is 30.2 Å². The fourth-order valence-electron chi connectivity index (χ4n) is 3.67. The Balaban J connectivity index is 1.91. The highest BCUT2D eigenvalue weighted by molar-refractivity contribution is 7.98. The number of aryl methyl sites for hydroxylation is 1. The van der Waals surface area contributed by atoms with Gasteiger partial charge in [0.1, 0.15) is 17.9 Å². The average Bonchev–Trinajstić information content (AvgIpc) is 2.92. The number of hydrogen-bond donors (Lipinski definition) is 1. The molecule has 0 aliphatic heterocycles. The van der Waals surface area contributed by atoms with Gasteiger partial charge < -0.3 is 19.2 Å². The summed E-state index contributed by atoms with van der Waals surface area (Å²) in [6, 6.07) is 14.2. The van der Waals surface area contributed by atoms with Crippen LogP contribution >= 0.6 is 23.4 Å². The smallest absolute Gasteiger partial charge is 0.305 e. The molecule has 4 aromatic rings. The van der Waals surface area contributed by atoms with Gasteiger partial charge in [0.15, 0.2) is 5.58 Å². The van der Waals surface area contributed by atoms with Crippen molar-refractivity contribution in [1.82, 2.24) is 4.98 Å². The molecule has 10 heteroatoms. The SMILES string of the molecule is CCC(=O)OCc1cnc(C)c2oc(=Nc3cccc(SC)c3)c(C(=O)Nc3cc(Cl)ccc3OC)cc12. The van der Waals surface area contributed by atoms with Crippen LogP contribution in [0.2, 0.25) is 5.02 Å². The molecule has 38 heavy (non-hydrogen) atoms. The third kappa shape index (κ3) is 6.17. The van der Waals surface area contributed by atoms with Crippen LogP contribution in [0.3, 0.4) is 0 Å². The quantitative estimate of drug-likeness (QED) is 0.198. The zero-order valence-electron chi connectivity index (χ0n) is 21.3. The number of nitrogens with zero attached hydrogens (tertiary/aromatic N) is 2. The summed E-state index contributed by atoms with van der Waals surface area (Å²) >= 11 is 7.74. The van der Waals surface area contributed by atoms with E-state index in [0.29, 0.717) is 44.4 Å². The van der Waals surface area contributed by atoms with Crippen molar-refractivity contribution >= 4 is 57.6 Å². The molecule has 1 N–H and O–H groups in total. The van der Waals surface area contributed by atoms with Crippen LogP contribution in [-0.2, 0) is 16.1 Å². The molecule has 0 aliphatic rings. The van der Waals surface area contributed by atoms with E-state index in [9.17, 15) is 9.59 Å². The number of carbonyl (C=O) groups is 2. The average molecular weight is 552 g/mol. The Bertz CT molecular complexity index is 1590. The third-order valence-electron chi connectivity index (χ3n) is 5.67. The molecular formula is C28H26ClN3O5S. The van der Waals surface area contributed by atoms with Crippen molar-refractivity contribution < 1.29 is 23.5 Å². The maximum absolute atomic E-state index is 13.6. The van der Waals surface area contributed by atoms with Gasteiger partial charge in [-0.1, -0.05) is 24.6 Å². The zero-order valence-corrected chi connectivity index (χ0v) is 22.9. The molecule has 4 rings (SSSR count). The normalized spacial score (nSPS) is 11.4. The lowest BCUT2D eigenvalue weighted by molar-refractivity contribution is -0.144. The Labute approximate surface area is 229 Å². The van der Waals surface area contributed by atoms with Gasteiger partial charge in [-0.3, -0.25) is 14.6 Å². The second kappa shape index (κ2) is 12.1. The molecule has 0 fully saturated rings. The van der Waals surface area contributed by atoms with Gasteiger partial charge in [0.05, 0.1) is 24.2 Å². The molecule has 2 aromatic carbocycles. The van der Waals surface area contributed by atoms with E-state index in [2.05, 4.69) is 15.3 Å². The van der Waals surface area contributed by atoms with Crippen molar-refractivity contribution in [2.24, 2.45) is 4.99 Å². The number of thioether (sulfide) groups is 1. The number of fused-ring (bicyclic) bond motifs is 1. The molecule has 196 valence electrons. The van der Waals surface area contributed by atoms with E-state index >= 15 is 0 Å². The van der Waals surface area contributed by atoms with Crippen LogP contribution in [0.5, 0.6) is 5.75 Å². The van der Waals surface area contributed by atoms with Crippen molar-refractivity contribution in [3.05, 3.63) is 82.1 Å². The molecule has 0 saturated carbocycles. The van der Waals surface area contributed by atoms with Crippen molar-refractivity contribution in [3.63, 3.8) is 0 Å². The van der Waals surface area contributed by atoms with Crippen molar-refractivity contribution in [2.75, 3.05) is 18.7 Å². The van der Waals surface area contributed by atoms with Gasteiger partial charge in [0, 0.05) is 33.5 Å². The number of carbonyl (C=O) groups excluding carboxylic acids is 2. The minimum Gasteiger partial charge on any atom is -0.495 e. The molecule has 0 atom stereocenters. The molecule has 0 saturated heterocycles. The Kier molecular flexibility index (Phi) is 8.70. The summed E-state index contributed by atoms with van der Waals surface area (Å²) in [7, 11) is 1.50. The van der Waals surface area contributed by atoms with Crippen molar-refractivity contribution in [1.29, 1.82) is 0 Å². The number of rotatable bonds is 8. The van der Waals surface area contributed by atoms with Gasteiger partial charge in [-0.05, 0) is 55.6 Å². The number of esters is 1. The van der Waals surface area contributed by atoms with E-state index in [1.165, 1.54) is 7.11 Å². The second-order valence-electron chi connectivity index (χ2n) is 8.20. The van der Waals surface area contributed by atoms with E-state index in [-0.39, 0.29) is 30.1 Å². The lowest BCUT2D eigenvalue weighted by Gasteiger charge is -2.13. The highest BCUT2D eigenvalue weighted by atomic mass is 35.5. The number of aromatic nitrogens is 1. The molecule has 0 aliphatic carbocycles. The first-order chi connectivity index (χ1) is 18.3. The zero-order chi connectivity index (χ0) is 27.2. The van der Waals surface area contributed by atoms with E-state index in [0.717, 1.165) is 4.90 Å². The van der Waals surface area contributed by atoms with Crippen LogP contribution in [0.1, 0.15) is 35.0 Å². The number of methoxy groups -OCH3 is 1. The number of benzene rings is 2. The fraction of sp³-hybridized carbons (Fsp3) is 0.214. The molecule has 0 unspecified atom stereocenters. The lowest BCUT2D eigenvalue weighted by Crippen LogP contribution is -2.22. The number of hydrogen-bond acceptors (Lipinski definition) is 8. The number of anilines is 1. The number of amides is 1. The largest absolute Gasteiger partial charge is 0.495 e. The van der Waals surface area contributed by atoms with Gasteiger partial charge in [0.25, 0.3) is 5.91 Å². The van der Waals surface area contributed by atoms with E-state index in [1.807, 2.05) is 30.5 Å². The molecule has 0 radical (unpaired) electrons. The first-order valence-electron chi connectivity index (χ1n) is 11.7. The maximum atomic E-state index is 13.6. The third-order valence-corrected chi connectivity index (χ3v) is 6.63. The Morgan fingerprint density at radius 2 is 2.00 bits per heavy atom. The topological polar surface area (TPSA) is 103 Å². The summed E-state index contributed by atoms with van der Waals surface area (Å²) in [6.45, 7) is 3.50. The Morgan fingerprint density at radius 1 is 1.18 bits per heavy atom. The summed E-state index contributed by atoms with van der Waals surface area (Å²) < 4.78 is 16.9. The predicted octanol–water partition coefficient (Wildman–Crippen LogP) is 6.46. The van der Waals surface area contributed by atoms with Crippen LogP contribution in [0.25, 0.3) is 11.0 Å². The number of ether oxygens (including phenoxy) is 2. The summed E-state index contributed by atoms with van der Waals surface area (Å²) in [5.74, 6) is -0.386. The molecule has 2 aromatic heterocycles. The summed E-state index contributed by atoms with van der Waals surface area (Å²) in [6.07, 6.45) is 3.82. The number of nitrogens with one attached hydrogen (secondary N) is 1. The summed E-state index contributed by atoms with van der Waals surface area (Å²) in [4.78, 5) is 35.5. The van der Waals surface area contributed by atoms with Gasteiger partial charge in [-0.2, -0.15) is 0 Å². The van der Waals surface area contributed by atoms with E-state index in [1.54, 1.807) is 56.1 Å². The highest BCUT2D eigenvalue weighted by Crippen LogP contribution is 2.29. The van der Waals surface area contributed by atoms with E-state index < -0.39 is 5.91 Å². The standard InChI is InChI=1S/C28H26ClN3O5S/c1-5-25(33)36-15-17-14-30-16(2)26-21(17)13-22(27(34)32-23-11-18(29)9-10-24(23)35-3)28(37-26)31-19-7-6-8-20(12-19)38-4/h6-14H,5,15H2,1-4H3,(H,32,34). The minimum absolute atomic E-state index is 0.0125. The molecule has 8 nitrogen and oxygen atoms in total. The number of pyridine rings is 1.